The monoisotopic (exact) mass is 523 g/mol. The van der Waals surface area contributed by atoms with Gasteiger partial charge in [-0.15, -0.1) is 0 Å². The predicted molar refractivity (Wildman–Crippen MR) is 151 cm³/mol. The zero-order chi connectivity index (χ0) is 27.2. The third-order valence-electron chi connectivity index (χ3n) is 7.52. The first-order chi connectivity index (χ1) is 18.5. The average Bonchev–Trinajstić information content (AvgIpc) is 3.23. The summed E-state index contributed by atoms with van der Waals surface area (Å²) in [6.45, 7) is 2.51. The van der Waals surface area contributed by atoms with Gasteiger partial charge in [0.2, 0.25) is 17.7 Å². The Labute approximate surface area is 227 Å². The number of fused-ring (bicyclic) bond motifs is 1. The van der Waals surface area contributed by atoms with Crippen LogP contribution in [-0.4, -0.2) is 34.6 Å². The summed E-state index contributed by atoms with van der Waals surface area (Å²) in [6, 6.07) is 4.62. The van der Waals surface area contributed by atoms with E-state index in [0.717, 1.165) is 31.2 Å². The van der Waals surface area contributed by atoms with E-state index in [1.54, 1.807) is 18.2 Å². The van der Waals surface area contributed by atoms with Gasteiger partial charge in [0.25, 0.3) is 5.91 Å². The molecule has 7 heteroatoms. The normalized spacial score (nSPS) is 17.2. The molecule has 0 bridgehead atoms. The number of amides is 4. The van der Waals surface area contributed by atoms with Crippen LogP contribution >= 0.6 is 0 Å². The molecule has 0 aliphatic carbocycles. The van der Waals surface area contributed by atoms with Crippen LogP contribution in [0.2, 0.25) is 0 Å². The number of hydrogen-bond donors (Lipinski definition) is 2. The Morgan fingerprint density at radius 1 is 0.947 bits per heavy atom. The van der Waals surface area contributed by atoms with Gasteiger partial charge in [0.15, 0.2) is 0 Å². The molecular weight excluding hydrogens is 478 g/mol. The first-order valence-corrected chi connectivity index (χ1v) is 14.7. The van der Waals surface area contributed by atoms with Crippen molar-refractivity contribution in [2.24, 2.45) is 0 Å². The van der Waals surface area contributed by atoms with Gasteiger partial charge in [-0.1, -0.05) is 76.5 Å². The van der Waals surface area contributed by atoms with Crippen LogP contribution in [0.4, 0.5) is 5.69 Å². The van der Waals surface area contributed by atoms with Crippen LogP contribution in [0.15, 0.2) is 30.4 Å². The number of nitrogens with zero attached hydrogens (tertiary/aromatic N) is 1. The molecule has 1 fully saturated rings. The number of anilines is 1. The second-order valence-corrected chi connectivity index (χ2v) is 10.6. The van der Waals surface area contributed by atoms with Crippen molar-refractivity contribution in [3.63, 3.8) is 0 Å². The number of nitrogens with one attached hydrogen (secondary N) is 2. The molecule has 1 unspecified atom stereocenters. The van der Waals surface area contributed by atoms with Crippen LogP contribution in [0.5, 0.6) is 0 Å². The van der Waals surface area contributed by atoms with Crippen molar-refractivity contribution < 1.29 is 19.2 Å². The van der Waals surface area contributed by atoms with Gasteiger partial charge in [0, 0.05) is 36.2 Å². The molecule has 0 spiro atoms. The van der Waals surface area contributed by atoms with Crippen LogP contribution in [-0.2, 0) is 20.9 Å². The Morgan fingerprint density at radius 3 is 2.29 bits per heavy atom. The van der Waals surface area contributed by atoms with Crippen LogP contribution in [0.1, 0.15) is 126 Å². The molecule has 0 saturated carbocycles. The van der Waals surface area contributed by atoms with E-state index in [2.05, 4.69) is 29.7 Å². The van der Waals surface area contributed by atoms with Crippen molar-refractivity contribution >= 4 is 29.3 Å². The maximum atomic E-state index is 12.9. The van der Waals surface area contributed by atoms with Gasteiger partial charge in [-0.05, 0) is 50.7 Å². The topological polar surface area (TPSA) is 95.6 Å². The highest BCUT2D eigenvalue weighted by Crippen LogP contribution is 2.32. The number of carbonyl (C=O) groups excluding carboxylic acids is 4. The minimum atomic E-state index is -0.660. The van der Waals surface area contributed by atoms with Crippen molar-refractivity contribution in [1.82, 2.24) is 10.2 Å². The fourth-order valence-electron chi connectivity index (χ4n) is 5.27. The second kappa shape index (κ2) is 16.1. The molecule has 2 heterocycles. The molecule has 4 amide bonds. The lowest BCUT2D eigenvalue weighted by molar-refractivity contribution is -0.137. The summed E-state index contributed by atoms with van der Waals surface area (Å²) >= 11 is 0. The van der Waals surface area contributed by atoms with Gasteiger partial charge in [0.1, 0.15) is 6.04 Å². The van der Waals surface area contributed by atoms with Gasteiger partial charge in [-0.25, -0.2) is 0 Å². The summed E-state index contributed by atoms with van der Waals surface area (Å²) in [5, 5.41) is 5.29. The van der Waals surface area contributed by atoms with E-state index < -0.39 is 11.9 Å². The summed E-state index contributed by atoms with van der Waals surface area (Å²) in [4.78, 5) is 50.8. The highest BCUT2D eigenvalue weighted by atomic mass is 16.2. The van der Waals surface area contributed by atoms with Crippen molar-refractivity contribution in [1.29, 1.82) is 0 Å². The third kappa shape index (κ3) is 9.10. The zero-order valence-corrected chi connectivity index (χ0v) is 23.1. The Morgan fingerprint density at radius 2 is 1.61 bits per heavy atom. The second-order valence-electron chi connectivity index (χ2n) is 10.6. The number of allylic oxidation sites excluding steroid dienone is 2. The summed E-state index contributed by atoms with van der Waals surface area (Å²) < 4.78 is 0. The van der Waals surface area contributed by atoms with Gasteiger partial charge >= 0.3 is 0 Å². The number of carbonyl (C=O) groups is 4. The highest BCUT2D eigenvalue weighted by Gasteiger charge is 2.39. The molecule has 0 aromatic heterocycles. The molecule has 1 aromatic rings. The average molecular weight is 524 g/mol. The largest absolute Gasteiger partial charge is 0.326 e. The molecule has 38 heavy (non-hydrogen) atoms. The standard InChI is InChI=1S/C31H45N3O4/c1-2-3-4-5-6-7-8-9-10-11-12-13-14-15-16-20-28(35)32-26-19-17-18-24-25(26)23-34(31(24)38)27-21-22-29(36)33-30(27)37/h9-10,17-19,27H,2-8,11-16,20-23H2,1H3,(H,32,35)(H,33,36,37)/b10-9+. The van der Waals surface area contributed by atoms with E-state index >= 15 is 0 Å². The number of benzene rings is 1. The molecule has 0 radical (unpaired) electrons. The van der Waals surface area contributed by atoms with Crippen molar-refractivity contribution in [2.75, 3.05) is 5.32 Å². The van der Waals surface area contributed by atoms with Crippen LogP contribution in [0, 0.1) is 0 Å². The summed E-state index contributed by atoms with van der Waals surface area (Å²) in [7, 11) is 0. The number of unbranched alkanes of at least 4 members (excludes halogenated alkanes) is 11. The Kier molecular flexibility index (Phi) is 12.5. The molecular formula is C31H45N3O4. The molecule has 1 atom stereocenters. The van der Waals surface area contributed by atoms with Gasteiger partial charge < -0.3 is 10.2 Å². The summed E-state index contributed by atoms with van der Waals surface area (Å²) in [5.41, 5.74) is 1.87. The molecule has 3 rings (SSSR count). The summed E-state index contributed by atoms with van der Waals surface area (Å²) in [6.07, 6.45) is 21.5. The van der Waals surface area contributed by atoms with E-state index in [9.17, 15) is 19.2 Å². The van der Waals surface area contributed by atoms with Gasteiger partial charge in [-0.3, -0.25) is 24.5 Å². The maximum Gasteiger partial charge on any atom is 0.255 e. The van der Waals surface area contributed by atoms with Crippen molar-refractivity contribution in [3.05, 3.63) is 41.5 Å². The molecule has 1 aromatic carbocycles. The first-order valence-electron chi connectivity index (χ1n) is 14.7. The Bertz CT molecular complexity index is 987. The van der Waals surface area contributed by atoms with E-state index in [1.807, 2.05) is 0 Å². The smallest absolute Gasteiger partial charge is 0.255 e. The fraction of sp³-hybridized carbons (Fsp3) is 0.613. The lowest BCUT2D eigenvalue weighted by atomic mass is 10.0. The van der Waals surface area contributed by atoms with Crippen molar-refractivity contribution in [2.45, 2.75) is 122 Å². The van der Waals surface area contributed by atoms with Crippen LogP contribution < -0.4 is 10.6 Å². The minimum Gasteiger partial charge on any atom is -0.326 e. The number of rotatable bonds is 17. The first kappa shape index (κ1) is 29.6. The Balaban J connectivity index is 1.29. The number of hydrogen-bond acceptors (Lipinski definition) is 4. The predicted octanol–water partition coefficient (Wildman–Crippen LogP) is 6.42. The molecule has 7 nitrogen and oxygen atoms in total. The third-order valence-corrected chi connectivity index (χ3v) is 7.52. The maximum absolute atomic E-state index is 12.9. The molecule has 1 saturated heterocycles. The molecule has 2 aliphatic rings. The lowest BCUT2D eigenvalue weighted by Gasteiger charge is -2.29. The molecule has 2 aliphatic heterocycles. The quantitative estimate of drug-likeness (QED) is 0.140. The van der Waals surface area contributed by atoms with Crippen LogP contribution in [0.3, 0.4) is 0 Å². The van der Waals surface area contributed by atoms with E-state index in [0.29, 0.717) is 24.1 Å². The number of imide groups is 1. The highest BCUT2D eigenvalue weighted by molar-refractivity contribution is 6.06. The van der Waals surface area contributed by atoms with E-state index in [4.69, 9.17) is 0 Å². The fourth-order valence-corrected chi connectivity index (χ4v) is 5.27. The Hall–Kier alpha value is -2.96. The minimum absolute atomic E-state index is 0.0528. The molecule has 208 valence electrons. The zero-order valence-electron chi connectivity index (χ0n) is 23.1. The van der Waals surface area contributed by atoms with Crippen LogP contribution in [0.25, 0.3) is 0 Å². The number of piperidine rings is 1. The van der Waals surface area contributed by atoms with Gasteiger partial charge in [-0.2, -0.15) is 0 Å². The SMILES string of the molecule is CCCCCCCC/C=C/CCCCCCCC(=O)Nc1cccc2c1CN(C1CCC(=O)NC1=O)C2=O. The van der Waals surface area contributed by atoms with E-state index in [1.165, 1.54) is 62.7 Å². The van der Waals surface area contributed by atoms with E-state index in [-0.39, 0.29) is 30.7 Å². The molecule has 2 N–H and O–H groups in total. The van der Waals surface area contributed by atoms with Crippen molar-refractivity contribution in [3.8, 4) is 0 Å². The summed E-state index contributed by atoms with van der Waals surface area (Å²) in [5.74, 6) is -1.03. The lowest BCUT2D eigenvalue weighted by Crippen LogP contribution is -2.52. The van der Waals surface area contributed by atoms with Gasteiger partial charge in [0.05, 0.1) is 0 Å².